The van der Waals surface area contributed by atoms with Crippen LogP contribution in [-0.2, 0) is 6.42 Å². The van der Waals surface area contributed by atoms with Crippen molar-refractivity contribution in [2.24, 2.45) is 11.8 Å². The van der Waals surface area contributed by atoms with Gasteiger partial charge in [-0.05, 0) is 44.1 Å². The van der Waals surface area contributed by atoms with Crippen molar-refractivity contribution in [2.75, 3.05) is 0 Å². The number of hydrogen-bond acceptors (Lipinski definition) is 0. The summed E-state index contributed by atoms with van der Waals surface area (Å²) in [5.41, 5.74) is 4.37. The van der Waals surface area contributed by atoms with Crippen LogP contribution in [0.2, 0.25) is 0 Å². The third-order valence-electron chi connectivity index (χ3n) is 4.49. The normalized spacial score (nSPS) is 24.2. The molecule has 0 nitrogen and oxygen atoms in total. The van der Waals surface area contributed by atoms with Gasteiger partial charge in [0.25, 0.3) is 0 Å². The second-order valence-electron chi connectivity index (χ2n) is 6.51. The summed E-state index contributed by atoms with van der Waals surface area (Å²) < 4.78 is 0. The molecule has 0 unspecified atom stereocenters. The maximum absolute atomic E-state index is 2.41. The minimum atomic E-state index is 0.987. The molecule has 0 heterocycles. The van der Waals surface area contributed by atoms with Crippen molar-refractivity contribution in [2.45, 2.75) is 65.7 Å². The minimum absolute atomic E-state index is 0.987. The number of benzene rings is 1. The van der Waals surface area contributed by atoms with E-state index in [1.165, 1.54) is 61.6 Å². The highest BCUT2D eigenvalue weighted by molar-refractivity contribution is 5.28. The van der Waals surface area contributed by atoms with Crippen molar-refractivity contribution in [3.05, 3.63) is 34.9 Å². The summed E-state index contributed by atoms with van der Waals surface area (Å²) in [5, 5.41) is 0. The molecule has 1 aromatic rings. The fraction of sp³-hybridized carbons (Fsp3) is 0.667. The fourth-order valence-corrected chi connectivity index (χ4v) is 3.43. The molecule has 0 atom stereocenters. The molecule has 0 spiro atoms. The summed E-state index contributed by atoms with van der Waals surface area (Å²) in [6, 6.07) is 6.98. The Hall–Kier alpha value is -0.780. The van der Waals surface area contributed by atoms with Crippen LogP contribution in [0, 0.1) is 25.7 Å². The molecule has 1 aromatic carbocycles. The molecule has 0 heteroatoms. The second kappa shape index (κ2) is 6.41. The van der Waals surface area contributed by atoms with Crippen LogP contribution in [0.1, 0.15) is 62.1 Å². The standard InChI is InChI=1S/C18H28/c1-14-7-9-17(10-8-14)5-4-6-18-12-15(2)11-16(3)13-18/h11-14,17H,4-10H2,1-3H3. The summed E-state index contributed by atoms with van der Waals surface area (Å²) >= 11 is 0. The first-order valence-electron chi connectivity index (χ1n) is 7.70. The van der Waals surface area contributed by atoms with Gasteiger partial charge < -0.3 is 0 Å². The minimum Gasteiger partial charge on any atom is -0.0625 e. The van der Waals surface area contributed by atoms with E-state index >= 15 is 0 Å². The highest BCUT2D eigenvalue weighted by atomic mass is 14.2. The largest absolute Gasteiger partial charge is 0.0625 e. The maximum Gasteiger partial charge on any atom is -0.0279 e. The first kappa shape index (κ1) is 13.6. The van der Waals surface area contributed by atoms with Crippen molar-refractivity contribution >= 4 is 0 Å². The Bertz CT molecular complexity index is 349. The molecule has 2 rings (SSSR count). The van der Waals surface area contributed by atoms with E-state index in [4.69, 9.17) is 0 Å². The smallest absolute Gasteiger partial charge is 0.0279 e. The van der Waals surface area contributed by atoms with E-state index in [2.05, 4.69) is 39.0 Å². The zero-order valence-electron chi connectivity index (χ0n) is 12.3. The molecular formula is C18H28. The van der Waals surface area contributed by atoms with E-state index in [0.717, 1.165) is 11.8 Å². The Morgan fingerprint density at radius 2 is 1.56 bits per heavy atom. The van der Waals surface area contributed by atoms with Crippen LogP contribution in [0.3, 0.4) is 0 Å². The van der Waals surface area contributed by atoms with Crippen LogP contribution in [0.25, 0.3) is 0 Å². The van der Waals surface area contributed by atoms with Crippen LogP contribution in [-0.4, -0.2) is 0 Å². The monoisotopic (exact) mass is 244 g/mol. The van der Waals surface area contributed by atoms with Crippen molar-refractivity contribution in [3.63, 3.8) is 0 Å². The predicted octanol–water partition coefficient (Wildman–Crippen LogP) is 5.45. The SMILES string of the molecule is Cc1cc(C)cc(CCCC2CCC(C)CC2)c1. The van der Waals surface area contributed by atoms with Crippen LogP contribution in [0.5, 0.6) is 0 Å². The maximum atomic E-state index is 2.41. The third-order valence-corrected chi connectivity index (χ3v) is 4.49. The van der Waals surface area contributed by atoms with E-state index in [1.54, 1.807) is 0 Å². The lowest BCUT2D eigenvalue weighted by Crippen LogP contribution is -2.12. The van der Waals surface area contributed by atoms with Gasteiger partial charge in [-0.2, -0.15) is 0 Å². The molecular weight excluding hydrogens is 216 g/mol. The van der Waals surface area contributed by atoms with E-state index in [9.17, 15) is 0 Å². The Labute approximate surface area is 113 Å². The van der Waals surface area contributed by atoms with E-state index < -0.39 is 0 Å². The predicted molar refractivity (Wildman–Crippen MR) is 80.0 cm³/mol. The third kappa shape index (κ3) is 4.15. The molecule has 1 saturated carbocycles. The lowest BCUT2D eigenvalue weighted by Gasteiger charge is -2.26. The summed E-state index contributed by atoms with van der Waals surface area (Å²) in [6.07, 6.45) is 9.99. The van der Waals surface area contributed by atoms with Crippen molar-refractivity contribution in [3.8, 4) is 0 Å². The zero-order chi connectivity index (χ0) is 13.0. The lowest BCUT2D eigenvalue weighted by molar-refractivity contribution is 0.274. The molecule has 0 amide bonds. The highest BCUT2D eigenvalue weighted by Gasteiger charge is 2.17. The quantitative estimate of drug-likeness (QED) is 0.660. The van der Waals surface area contributed by atoms with Gasteiger partial charge in [-0.1, -0.05) is 68.4 Å². The topological polar surface area (TPSA) is 0 Å². The van der Waals surface area contributed by atoms with E-state index in [0.29, 0.717) is 0 Å². The summed E-state index contributed by atoms with van der Waals surface area (Å²) in [5.74, 6) is 2.01. The molecule has 0 bridgehead atoms. The second-order valence-corrected chi connectivity index (χ2v) is 6.51. The van der Waals surface area contributed by atoms with Crippen LogP contribution >= 0.6 is 0 Å². The summed E-state index contributed by atoms with van der Waals surface area (Å²) in [4.78, 5) is 0. The zero-order valence-corrected chi connectivity index (χ0v) is 12.3. The lowest BCUT2D eigenvalue weighted by atomic mass is 9.80. The van der Waals surface area contributed by atoms with E-state index in [-0.39, 0.29) is 0 Å². The Morgan fingerprint density at radius 3 is 2.17 bits per heavy atom. The molecule has 1 fully saturated rings. The van der Waals surface area contributed by atoms with Crippen molar-refractivity contribution in [1.29, 1.82) is 0 Å². The molecule has 0 aromatic heterocycles. The number of aryl methyl sites for hydroxylation is 3. The van der Waals surface area contributed by atoms with Gasteiger partial charge in [-0.25, -0.2) is 0 Å². The molecule has 100 valence electrons. The first-order chi connectivity index (χ1) is 8.63. The van der Waals surface area contributed by atoms with E-state index in [1.807, 2.05) is 0 Å². The van der Waals surface area contributed by atoms with Crippen molar-refractivity contribution in [1.82, 2.24) is 0 Å². The molecule has 1 aliphatic carbocycles. The van der Waals surface area contributed by atoms with Gasteiger partial charge >= 0.3 is 0 Å². The van der Waals surface area contributed by atoms with Gasteiger partial charge in [0.15, 0.2) is 0 Å². The molecule has 0 radical (unpaired) electrons. The molecule has 0 N–H and O–H groups in total. The van der Waals surface area contributed by atoms with Gasteiger partial charge in [-0.15, -0.1) is 0 Å². The Kier molecular flexibility index (Phi) is 4.86. The Morgan fingerprint density at radius 1 is 0.944 bits per heavy atom. The molecule has 0 aliphatic heterocycles. The number of rotatable bonds is 4. The van der Waals surface area contributed by atoms with Gasteiger partial charge in [0.2, 0.25) is 0 Å². The highest BCUT2D eigenvalue weighted by Crippen LogP contribution is 2.31. The first-order valence-corrected chi connectivity index (χ1v) is 7.70. The van der Waals surface area contributed by atoms with Gasteiger partial charge in [-0.3, -0.25) is 0 Å². The van der Waals surface area contributed by atoms with Gasteiger partial charge in [0, 0.05) is 0 Å². The summed E-state index contributed by atoms with van der Waals surface area (Å²) in [6.45, 7) is 6.82. The number of hydrogen-bond donors (Lipinski definition) is 0. The average molecular weight is 244 g/mol. The van der Waals surface area contributed by atoms with Crippen LogP contribution in [0.4, 0.5) is 0 Å². The summed E-state index contributed by atoms with van der Waals surface area (Å²) in [7, 11) is 0. The molecule has 18 heavy (non-hydrogen) atoms. The van der Waals surface area contributed by atoms with Crippen molar-refractivity contribution < 1.29 is 0 Å². The van der Waals surface area contributed by atoms with Gasteiger partial charge in [0.05, 0.1) is 0 Å². The van der Waals surface area contributed by atoms with Gasteiger partial charge in [0.1, 0.15) is 0 Å². The molecule has 0 saturated heterocycles. The van der Waals surface area contributed by atoms with Crippen LogP contribution < -0.4 is 0 Å². The van der Waals surface area contributed by atoms with Crippen LogP contribution in [0.15, 0.2) is 18.2 Å². The molecule has 1 aliphatic rings. The Balaban J connectivity index is 1.74. The average Bonchev–Trinajstić information content (AvgIpc) is 2.30. The fourth-order valence-electron chi connectivity index (χ4n) is 3.43.